The van der Waals surface area contributed by atoms with Gasteiger partial charge in [0.05, 0.1) is 5.69 Å². The third-order valence-electron chi connectivity index (χ3n) is 4.74. The zero-order valence-corrected chi connectivity index (χ0v) is 18.8. The summed E-state index contributed by atoms with van der Waals surface area (Å²) < 4.78 is 41.4. The molecule has 0 aromatic heterocycles. The highest BCUT2D eigenvalue weighted by atomic mass is 79.9. The second-order valence-corrected chi connectivity index (χ2v) is 8.39. The molecule has 1 aliphatic heterocycles. The van der Waals surface area contributed by atoms with Gasteiger partial charge < -0.3 is 9.64 Å². The highest BCUT2D eigenvalue weighted by Crippen LogP contribution is 2.38. The number of allylic oxidation sites excluding steroid dienone is 1. The molecule has 30 heavy (non-hydrogen) atoms. The SMILES string of the molecule is CN=C/C=C(/CN1C(=O)N(c2ccc(OC(F)(F)F)cc2Br)C(=O)C1(C)C)C(C)C. The molecule has 1 saturated heterocycles. The fraction of sp³-hybridized carbons (Fsp3) is 0.450. The summed E-state index contributed by atoms with van der Waals surface area (Å²) in [5, 5.41) is 0. The van der Waals surface area contributed by atoms with Gasteiger partial charge in [0.15, 0.2) is 0 Å². The lowest BCUT2D eigenvalue weighted by Gasteiger charge is -2.29. The summed E-state index contributed by atoms with van der Waals surface area (Å²) >= 11 is 3.14. The van der Waals surface area contributed by atoms with E-state index in [1.54, 1.807) is 33.2 Å². The number of anilines is 1. The third-order valence-corrected chi connectivity index (χ3v) is 5.37. The monoisotopic (exact) mass is 489 g/mol. The highest BCUT2D eigenvalue weighted by molar-refractivity contribution is 9.10. The van der Waals surface area contributed by atoms with Crippen LogP contribution in [0.5, 0.6) is 5.75 Å². The smallest absolute Gasteiger partial charge is 0.406 e. The quantitative estimate of drug-likeness (QED) is 0.408. The lowest BCUT2D eigenvalue weighted by atomic mass is 9.98. The number of aliphatic imine (C=N–C) groups is 1. The molecule has 1 aromatic rings. The van der Waals surface area contributed by atoms with Gasteiger partial charge >= 0.3 is 12.4 Å². The minimum Gasteiger partial charge on any atom is -0.406 e. The molecule has 1 aromatic carbocycles. The van der Waals surface area contributed by atoms with Gasteiger partial charge in [0.1, 0.15) is 11.3 Å². The van der Waals surface area contributed by atoms with E-state index in [0.717, 1.165) is 22.6 Å². The van der Waals surface area contributed by atoms with Crippen LogP contribution in [-0.4, -0.2) is 48.5 Å². The first-order valence-electron chi connectivity index (χ1n) is 9.12. The molecule has 1 aliphatic rings. The average molecular weight is 490 g/mol. The van der Waals surface area contributed by atoms with Crippen LogP contribution in [0.25, 0.3) is 0 Å². The minimum atomic E-state index is -4.85. The lowest BCUT2D eigenvalue weighted by Crippen LogP contribution is -2.45. The summed E-state index contributed by atoms with van der Waals surface area (Å²) in [4.78, 5) is 32.6. The van der Waals surface area contributed by atoms with Crippen molar-refractivity contribution in [1.82, 2.24) is 4.90 Å². The number of imide groups is 1. The Morgan fingerprint density at radius 2 is 1.93 bits per heavy atom. The Bertz CT molecular complexity index is 895. The summed E-state index contributed by atoms with van der Waals surface area (Å²) in [5.74, 6) is -0.830. The van der Waals surface area contributed by atoms with Crippen molar-refractivity contribution in [2.75, 3.05) is 18.5 Å². The Kier molecular flexibility index (Phi) is 7.01. The highest BCUT2D eigenvalue weighted by Gasteiger charge is 2.52. The minimum absolute atomic E-state index is 0.112. The Balaban J connectivity index is 2.40. The molecular formula is C20H23BrF3N3O3. The number of hydrogen-bond donors (Lipinski definition) is 0. The maximum Gasteiger partial charge on any atom is 0.573 e. The summed E-state index contributed by atoms with van der Waals surface area (Å²) in [6, 6.07) is 2.80. The second-order valence-electron chi connectivity index (χ2n) is 7.53. The average Bonchev–Trinajstić information content (AvgIpc) is 2.76. The fourth-order valence-electron chi connectivity index (χ4n) is 2.96. The molecule has 10 heteroatoms. The van der Waals surface area contributed by atoms with E-state index >= 15 is 0 Å². The predicted molar refractivity (Wildman–Crippen MR) is 112 cm³/mol. The van der Waals surface area contributed by atoms with Gasteiger partial charge in [-0.25, -0.2) is 9.69 Å². The van der Waals surface area contributed by atoms with Crippen molar-refractivity contribution in [1.29, 1.82) is 0 Å². The van der Waals surface area contributed by atoms with E-state index in [9.17, 15) is 22.8 Å². The molecule has 164 valence electrons. The number of halogens is 4. The van der Waals surface area contributed by atoms with E-state index < -0.39 is 29.6 Å². The summed E-state index contributed by atoms with van der Waals surface area (Å²) in [6.07, 6.45) is -1.42. The van der Waals surface area contributed by atoms with Crippen molar-refractivity contribution in [3.63, 3.8) is 0 Å². The molecule has 1 fully saturated rings. The van der Waals surface area contributed by atoms with Crippen LogP contribution >= 0.6 is 15.9 Å². The molecule has 0 N–H and O–H groups in total. The topological polar surface area (TPSA) is 62.2 Å². The number of benzene rings is 1. The molecule has 0 bridgehead atoms. The van der Waals surface area contributed by atoms with E-state index in [-0.39, 0.29) is 22.6 Å². The fourth-order valence-corrected chi connectivity index (χ4v) is 3.50. The molecule has 3 amide bonds. The normalized spacial score (nSPS) is 17.6. The van der Waals surface area contributed by atoms with Crippen LogP contribution in [0.1, 0.15) is 27.7 Å². The number of urea groups is 1. The van der Waals surface area contributed by atoms with Crippen molar-refractivity contribution < 1.29 is 27.5 Å². The summed E-state index contributed by atoms with van der Waals surface area (Å²) in [6.45, 7) is 7.42. The number of ether oxygens (including phenoxy) is 1. The van der Waals surface area contributed by atoms with Crippen LogP contribution in [0.4, 0.5) is 23.7 Å². The van der Waals surface area contributed by atoms with Crippen molar-refractivity contribution in [2.45, 2.75) is 39.6 Å². The largest absolute Gasteiger partial charge is 0.573 e. The van der Waals surface area contributed by atoms with E-state index in [1.807, 2.05) is 13.8 Å². The molecule has 0 saturated carbocycles. The molecule has 0 atom stereocenters. The van der Waals surface area contributed by atoms with Gasteiger partial charge in [-0.2, -0.15) is 0 Å². The number of alkyl halides is 3. The zero-order valence-electron chi connectivity index (χ0n) is 17.2. The molecule has 1 heterocycles. The Hall–Kier alpha value is -2.36. The van der Waals surface area contributed by atoms with Gasteiger partial charge in [-0.15, -0.1) is 13.2 Å². The van der Waals surface area contributed by atoms with Gasteiger partial charge in [0.2, 0.25) is 0 Å². The molecule has 2 rings (SSSR count). The van der Waals surface area contributed by atoms with Crippen LogP contribution in [0.3, 0.4) is 0 Å². The van der Waals surface area contributed by atoms with E-state index in [0.29, 0.717) is 0 Å². The Morgan fingerprint density at radius 3 is 2.43 bits per heavy atom. The van der Waals surface area contributed by atoms with Crippen LogP contribution < -0.4 is 9.64 Å². The first kappa shape index (κ1) is 23.9. The molecule has 6 nitrogen and oxygen atoms in total. The Morgan fingerprint density at radius 1 is 1.30 bits per heavy atom. The van der Waals surface area contributed by atoms with Gasteiger partial charge in [0.25, 0.3) is 5.91 Å². The number of carbonyl (C=O) groups is 2. The van der Waals surface area contributed by atoms with Crippen LogP contribution in [-0.2, 0) is 4.79 Å². The lowest BCUT2D eigenvalue weighted by molar-refractivity contribution is -0.274. The number of hydrogen-bond acceptors (Lipinski definition) is 4. The van der Waals surface area contributed by atoms with Gasteiger partial charge in [-0.1, -0.05) is 13.8 Å². The standard InChI is InChI=1S/C20H23BrF3N3O3/c1-12(2)13(8-9-25-5)11-26-18(29)27(17(28)19(26,3)4)16-7-6-14(10-15(16)21)30-20(22,23)24/h6-10,12H,11H2,1-5H3/b13-8-,25-9?. The summed E-state index contributed by atoms with van der Waals surface area (Å²) in [7, 11) is 1.63. The maximum absolute atomic E-state index is 13.2. The first-order chi connectivity index (χ1) is 13.8. The van der Waals surface area contributed by atoms with Crippen molar-refractivity contribution >= 4 is 39.8 Å². The van der Waals surface area contributed by atoms with Crippen LogP contribution in [0.2, 0.25) is 0 Å². The molecule has 0 radical (unpaired) electrons. The van der Waals surface area contributed by atoms with Gasteiger partial charge in [-0.3, -0.25) is 9.79 Å². The van der Waals surface area contributed by atoms with E-state index in [2.05, 4.69) is 25.7 Å². The van der Waals surface area contributed by atoms with Gasteiger partial charge in [0, 0.05) is 24.3 Å². The van der Waals surface area contributed by atoms with Crippen LogP contribution in [0.15, 0.2) is 39.3 Å². The van der Waals surface area contributed by atoms with Crippen molar-refractivity contribution in [3.8, 4) is 5.75 Å². The van der Waals surface area contributed by atoms with Crippen molar-refractivity contribution in [2.24, 2.45) is 10.9 Å². The Labute approximate surface area is 181 Å². The molecule has 0 unspecified atom stereocenters. The number of nitrogens with zero attached hydrogens (tertiary/aromatic N) is 3. The molecule has 0 aliphatic carbocycles. The zero-order chi connectivity index (χ0) is 22.9. The third kappa shape index (κ3) is 5.03. The number of carbonyl (C=O) groups excluding carboxylic acids is 2. The molecule has 0 spiro atoms. The number of amides is 3. The first-order valence-corrected chi connectivity index (χ1v) is 9.91. The van der Waals surface area contributed by atoms with E-state index in [4.69, 9.17) is 0 Å². The maximum atomic E-state index is 13.2. The van der Waals surface area contributed by atoms with E-state index in [1.165, 1.54) is 11.0 Å². The molecular weight excluding hydrogens is 467 g/mol. The second kappa shape index (κ2) is 8.79. The number of rotatable bonds is 6. The van der Waals surface area contributed by atoms with Crippen LogP contribution in [0, 0.1) is 5.92 Å². The predicted octanol–water partition coefficient (Wildman–Crippen LogP) is 5.18. The summed E-state index contributed by atoms with van der Waals surface area (Å²) in [5.41, 5.74) is -0.0976. The van der Waals surface area contributed by atoms with Crippen molar-refractivity contribution in [3.05, 3.63) is 34.3 Å². The van der Waals surface area contributed by atoms with Gasteiger partial charge in [-0.05, 0) is 65.5 Å².